The summed E-state index contributed by atoms with van der Waals surface area (Å²) in [5.74, 6) is 0. The second kappa shape index (κ2) is 14.8. The van der Waals surface area contributed by atoms with E-state index in [1.807, 2.05) is 12.1 Å². The lowest BCUT2D eigenvalue weighted by atomic mass is 9.81. The van der Waals surface area contributed by atoms with E-state index >= 15 is 0 Å². The summed E-state index contributed by atoms with van der Waals surface area (Å²) in [6.45, 7) is 14.2. The predicted molar refractivity (Wildman–Crippen MR) is 291 cm³/mol. The van der Waals surface area contributed by atoms with E-state index in [0.717, 1.165) is 78.0 Å². The van der Waals surface area contributed by atoms with Gasteiger partial charge in [-0.1, -0.05) is 159 Å². The molecule has 0 spiro atoms. The van der Waals surface area contributed by atoms with Crippen LogP contribution in [0.3, 0.4) is 0 Å². The Labute approximate surface area is 397 Å². The van der Waals surface area contributed by atoms with Gasteiger partial charge in [0.05, 0.1) is 25.1 Å². The van der Waals surface area contributed by atoms with Crippen molar-refractivity contribution in [3.8, 4) is 11.1 Å². The smallest absolute Gasteiger partial charge is 0.159 e. The summed E-state index contributed by atoms with van der Waals surface area (Å²) in [7, 11) is -1.53. The average Bonchev–Trinajstić information content (AvgIpc) is 4.00. The lowest BCUT2D eigenvalue weighted by Crippen LogP contribution is -2.37. The minimum absolute atomic E-state index is 0.315. The number of furan rings is 2. The first-order chi connectivity index (χ1) is 33.0. The van der Waals surface area contributed by atoms with Crippen molar-refractivity contribution < 1.29 is 8.83 Å². The summed E-state index contributed by atoms with van der Waals surface area (Å²) < 4.78 is 13.5. The zero-order valence-corrected chi connectivity index (χ0v) is 40.2. The largest absolute Gasteiger partial charge is 0.454 e. The van der Waals surface area contributed by atoms with Gasteiger partial charge < -0.3 is 18.6 Å². The van der Waals surface area contributed by atoms with Gasteiger partial charge in [0, 0.05) is 49.4 Å². The molecule has 0 bridgehead atoms. The number of nitrogens with zero attached hydrogens (tertiary/aromatic N) is 2. The number of anilines is 6. The number of para-hydroxylation sites is 4. The monoisotopic (exact) mass is 894 g/mol. The van der Waals surface area contributed by atoms with E-state index in [2.05, 4.69) is 232 Å². The first-order valence-corrected chi connectivity index (χ1v) is 27.2. The molecule has 0 saturated heterocycles. The Morgan fingerprint density at radius 1 is 0.412 bits per heavy atom. The molecule has 0 unspecified atom stereocenters. The van der Waals surface area contributed by atoms with Gasteiger partial charge in [-0.25, -0.2) is 0 Å². The van der Waals surface area contributed by atoms with Crippen LogP contribution in [0.1, 0.15) is 30.5 Å². The fourth-order valence-electron chi connectivity index (χ4n) is 11.1. The van der Waals surface area contributed by atoms with E-state index in [1.165, 1.54) is 54.5 Å². The molecule has 1 aliphatic rings. The Morgan fingerprint density at radius 2 is 0.941 bits per heavy atom. The molecule has 328 valence electrons. The molecule has 0 N–H and O–H groups in total. The molecular formula is C63H50N2O2Si. The van der Waals surface area contributed by atoms with Crippen LogP contribution in [0.4, 0.5) is 34.1 Å². The Hall–Kier alpha value is -7.86. The zero-order chi connectivity index (χ0) is 46.1. The summed E-state index contributed by atoms with van der Waals surface area (Å²) in [6, 6.07) is 71.2. The normalized spacial score (nSPS) is 13.3. The molecule has 0 saturated carbocycles. The molecule has 0 aliphatic heterocycles. The highest BCUT2D eigenvalue weighted by Crippen LogP contribution is 2.56. The van der Waals surface area contributed by atoms with Gasteiger partial charge in [0.15, 0.2) is 11.2 Å². The van der Waals surface area contributed by atoms with Gasteiger partial charge in [0.25, 0.3) is 0 Å². The van der Waals surface area contributed by atoms with Crippen molar-refractivity contribution in [1.29, 1.82) is 0 Å². The van der Waals surface area contributed by atoms with Crippen molar-refractivity contribution in [1.82, 2.24) is 0 Å². The van der Waals surface area contributed by atoms with Crippen LogP contribution in [0.25, 0.3) is 76.5 Å². The van der Waals surface area contributed by atoms with Crippen LogP contribution in [-0.4, -0.2) is 8.07 Å². The van der Waals surface area contributed by atoms with E-state index < -0.39 is 8.07 Å². The standard InChI is InChI=1S/C63H50N2O2Si/c1-39-25-28-43(29-26-39)65(56-22-14-20-51-48-17-10-12-24-59(48)67-62(51)56)57-38-54-60(49-18-8-7-15-46(49)57)52-36-40-27-30-44(35-41(40)37-53(52)63(54,2)3)64(42-31-33-45(34-32-42)68(4,5)6)55-21-13-19-50-47-16-9-11-23-58(47)66-61(50)55/h7-38H,1-6H3. The highest BCUT2D eigenvalue weighted by molar-refractivity contribution is 6.88. The number of fused-ring (bicyclic) bond motifs is 12. The molecule has 4 nitrogen and oxygen atoms in total. The molecule has 0 amide bonds. The lowest BCUT2D eigenvalue weighted by Gasteiger charge is -2.30. The van der Waals surface area contributed by atoms with Crippen LogP contribution in [0.2, 0.25) is 19.6 Å². The summed E-state index contributed by atoms with van der Waals surface area (Å²) in [6.07, 6.45) is 0. The van der Waals surface area contributed by atoms with Crippen LogP contribution in [0.15, 0.2) is 203 Å². The van der Waals surface area contributed by atoms with Gasteiger partial charge in [0.2, 0.25) is 0 Å². The van der Waals surface area contributed by atoms with Crippen molar-refractivity contribution in [2.45, 2.75) is 45.8 Å². The summed E-state index contributed by atoms with van der Waals surface area (Å²) in [4.78, 5) is 4.80. The number of benzene rings is 10. The van der Waals surface area contributed by atoms with Gasteiger partial charge in [-0.2, -0.15) is 0 Å². The summed E-state index contributed by atoms with van der Waals surface area (Å²) in [5, 5.41) is 10.7. The van der Waals surface area contributed by atoms with Crippen LogP contribution in [0, 0.1) is 6.92 Å². The first kappa shape index (κ1) is 40.4. The molecule has 10 aromatic carbocycles. The van der Waals surface area contributed by atoms with Gasteiger partial charge in [0.1, 0.15) is 11.2 Å². The summed E-state index contributed by atoms with van der Waals surface area (Å²) in [5.41, 5.74) is 16.1. The fourth-order valence-corrected chi connectivity index (χ4v) is 12.2. The number of rotatable bonds is 7. The van der Waals surface area contributed by atoms with Crippen LogP contribution in [0.5, 0.6) is 0 Å². The Kier molecular flexibility index (Phi) is 8.81. The third-order valence-electron chi connectivity index (χ3n) is 14.6. The van der Waals surface area contributed by atoms with Gasteiger partial charge >= 0.3 is 0 Å². The molecule has 0 fully saturated rings. The Bertz CT molecular complexity index is 4000. The number of hydrogen-bond donors (Lipinski definition) is 0. The van der Waals surface area contributed by atoms with Crippen molar-refractivity contribution in [3.05, 3.63) is 211 Å². The van der Waals surface area contributed by atoms with Crippen molar-refractivity contribution in [2.24, 2.45) is 0 Å². The van der Waals surface area contributed by atoms with E-state index in [1.54, 1.807) is 0 Å². The molecule has 5 heteroatoms. The van der Waals surface area contributed by atoms with Gasteiger partial charge in [-0.05, 0) is 124 Å². The molecule has 0 radical (unpaired) electrons. The maximum atomic E-state index is 6.76. The molecule has 0 atom stereocenters. The maximum absolute atomic E-state index is 6.76. The van der Waals surface area contributed by atoms with Crippen molar-refractivity contribution in [2.75, 3.05) is 9.80 Å². The van der Waals surface area contributed by atoms with E-state index in [-0.39, 0.29) is 5.41 Å². The molecule has 1 aliphatic carbocycles. The predicted octanol–water partition coefficient (Wildman–Crippen LogP) is 17.9. The molecule has 68 heavy (non-hydrogen) atoms. The highest BCUT2D eigenvalue weighted by Gasteiger charge is 2.39. The Balaban J connectivity index is 1.000. The third-order valence-corrected chi connectivity index (χ3v) is 16.7. The van der Waals surface area contributed by atoms with E-state index in [4.69, 9.17) is 8.83 Å². The number of aryl methyl sites for hydroxylation is 1. The topological polar surface area (TPSA) is 32.8 Å². The van der Waals surface area contributed by atoms with Crippen molar-refractivity contribution in [3.63, 3.8) is 0 Å². The van der Waals surface area contributed by atoms with Crippen LogP contribution < -0.4 is 15.0 Å². The average molecular weight is 895 g/mol. The van der Waals surface area contributed by atoms with Gasteiger partial charge in [-0.3, -0.25) is 0 Å². The first-order valence-electron chi connectivity index (χ1n) is 23.7. The fraction of sp³-hybridized carbons (Fsp3) is 0.111. The van der Waals surface area contributed by atoms with Crippen LogP contribution >= 0.6 is 0 Å². The molecule has 2 heterocycles. The molecular weight excluding hydrogens is 845 g/mol. The zero-order valence-electron chi connectivity index (χ0n) is 39.2. The second-order valence-corrected chi connectivity index (χ2v) is 25.3. The molecule has 2 aromatic heterocycles. The Morgan fingerprint density at radius 3 is 1.57 bits per heavy atom. The third kappa shape index (κ3) is 6.12. The lowest BCUT2D eigenvalue weighted by molar-refractivity contribution is 0.661. The van der Waals surface area contributed by atoms with E-state index in [9.17, 15) is 0 Å². The summed E-state index contributed by atoms with van der Waals surface area (Å²) >= 11 is 0. The maximum Gasteiger partial charge on any atom is 0.159 e. The minimum atomic E-state index is -1.53. The van der Waals surface area contributed by atoms with Crippen molar-refractivity contribution >= 4 is 113 Å². The quantitative estimate of drug-likeness (QED) is 0.149. The van der Waals surface area contributed by atoms with Gasteiger partial charge in [-0.15, -0.1) is 0 Å². The SMILES string of the molecule is Cc1ccc(N(c2cc3c(c4ccccc24)-c2cc4ccc(N(c5ccc([Si](C)(C)C)cc5)c5cccc6c5oc5ccccc56)cc4cc2C3(C)C)c2cccc3c2oc2ccccc23)cc1. The molecule has 13 rings (SSSR count). The molecule has 12 aromatic rings. The second-order valence-electron chi connectivity index (χ2n) is 20.2. The highest BCUT2D eigenvalue weighted by atomic mass is 28.3. The number of hydrogen-bond acceptors (Lipinski definition) is 4. The van der Waals surface area contributed by atoms with Crippen LogP contribution in [-0.2, 0) is 5.41 Å². The van der Waals surface area contributed by atoms with E-state index in [0.29, 0.717) is 0 Å². The minimum Gasteiger partial charge on any atom is -0.454 e.